The lowest BCUT2D eigenvalue weighted by Crippen LogP contribution is -2.20. The van der Waals surface area contributed by atoms with E-state index in [9.17, 15) is 14.4 Å². The molecule has 0 bridgehead atoms. The van der Waals surface area contributed by atoms with Crippen LogP contribution >= 0.6 is 0 Å². The van der Waals surface area contributed by atoms with Crippen LogP contribution in [0.15, 0.2) is 0 Å². The number of nitrogens with zero attached hydrogens (tertiary/aromatic N) is 1. The second-order valence-corrected chi connectivity index (χ2v) is 14.6. The Morgan fingerprint density at radius 3 is 1.35 bits per heavy atom. The molecule has 0 aliphatic heterocycles. The van der Waals surface area contributed by atoms with Crippen LogP contribution < -0.4 is 0 Å². The average Bonchev–Trinajstić information content (AvgIpc) is 3.06. The van der Waals surface area contributed by atoms with Gasteiger partial charge in [0.2, 0.25) is 0 Å². The van der Waals surface area contributed by atoms with Crippen molar-refractivity contribution in [3.8, 4) is 0 Å². The van der Waals surface area contributed by atoms with Gasteiger partial charge in [-0.05, 0) is 91.3 Å². The normalized spacial score (nSPS) is 16.2. The summed E-state index contributed by atoms with van der Waals surface area (Å²) in [7, 11) is 4.07. The average molecular weight is 650 g/mol. The van der Waals surface area contributed by atoms with Gasteiger partial charge in [-0.3, -0.25) is 14.4 Å². The van der Waals surface area contributed by atoms with Crippen molar-refractivity contribution in [2.75, 3.05) is 33.9 Å². The van der Waals surface area contributed by atoms with Gasteiger partial charge in [-0.1, -0.05) is 103 Å². The molecule has 2 aliphatic carbocycles. The third-order valence-electron chi connectivity index (χ3n) is 9.99. The molecule has 0 unspecified atom stereocenters. The standard InChI is InChI=1S/C39H71NO6/c1-40(2)31-23-30-37(41)46-36(28-19-9-5-3-7-11-21-32-44-38(42)34-24-15-13-16-25-34)29-20-10-6-4-8-12-22-33-45-39(43)35-26-17-14-18-27-35/h34-36H,3-33H2,1-2H3. The van der Waals surface area contributed by atoms with Crippen LogP contribution in [0.5, 0.6) is 0 Å². The van der Waals surface area contributed by atoms with Crippen molar-refractivity contribution >= 4 is 17.9 Å². The third kappa shape index (κ3) is 21.3. The fourth-order valence-corrected chi connectivity index (χ4v) is 7.02. The lowest BCUT2D eigenvalue weighted by atomic mass is 9.89. The van der Waals surface area contributed by atoms with Gasteiger partial charge in [0.05, 0.1) is 25.0 Å². The topological polar surface area (TPSA) is 82.1 Å². The van der Waals surface area contributed by atoms with E-state index >= 15 is 0 Å². The van der Waals surface area contributed by atoms with Crippen molar-refractivity contribution in [3.05, 3.63) is 0 Å². The van der Waals surface area contributed by atoms with Crippen molar-refractivity contribution in [2.24, 2.45) is 11.8 Å². The molecular weight excluding hydrogens is 578 g/mol. The van der Waals surface area contributed by atoms with E-state index in [0.717, 1.165) is 90.0 Å². The highest BCUT2D eigenvalue weighted by Crippen LogP contribution is 2.26. The highest BCUT2D eigenvalue weighted by molar-refractivity contribution is 5.72. The maximum Gasteiger partial charge on any atom is 0.308 e. The Bertz CT molecular complexity index is 724. The summed E-state index contributed by atoms with van der Waals surface area (Å²) < 4.78 is 17.0. The third-order valence-corrected chi connectivity index (χ3v) is 9.99. The monoisotopic (exact) mass is 650 g/mol. The molecule has 0 N–H and O–H groups in total. The van der Waals surface area contributed by atoms with E-state index < -0.39 is 0 Å². The van der Waals surface area contributed by atoms with Crippen molar-refractivity contribution in [2.45, 2.75) is 186 Å². The van der Waals surface area contributed by atoms with E-state index in [4.69, 9.17) is 14.2 Å². The summed E-state index contributed by atoms with van der Waals surface area (Å²) in [5.41, 5.74) is 0. The van der Waals surface area contributed by atoms with E-state index in [-0.39, 0.29) is 35.8 Å². The predicted octanol–water partition coefficient (Wildman–Crippen LogP) is 9.73. The Labute approximate surface area is 282 Å². The molecule has 0 heterocycles. The number of carbonyl (C=O) groups excluding carboxylic acids is 3. The molecule has 0 atom stereocenters. The molecule has 2 aliphatic rings. The minimum atomic E-state index is -0.0415. The first-order valence-electron chi connectivity index (χ1n) is 19.6. The Morgan fingerprint density at radius 1 is 0.543 bits per heavy atom. The molecule has 0 saturated heterocycles. The Morgan fingerprint density at radius 2 is 0.935 bits per heavy atom. The van der Waals surface area contributed by atoms with Crippen molar-refractivity contribution < 1.29 is 28.6 Å². The minimum absolute atomic E-state index is 0.0354. The zero-order valence-electron chi connectivity index (χ0n) is 30.0. The lowest BCUT2D eigenvalue weighted by Gasteiger charge is -2.19. The summed E-state index contributed by atoms with van der Waals surface area (Å²) in [6.45, 7) is 2.06. The summed E-state index contributed by atoms with van der Waals surface area (Å²) in [5.74, 6) is 0.336. The van der Waals surface area contributed by atoms with Gasteiger partial charge in [0, 0.05) is 6.42 Å². The first-order chi connectivity index (χ1) is 22.5. The van der Waals surface area contributed by atoms with E-state index in [0.29, 0.717) is 19.6 Å². The van der Waals surface area contributed by atoms with E-state index in [1.807, 2.05) is 14.1 Å². The summed E-state index contributed by atoms with van der Waals surface area (Å²) in [6.07, 6.45) is 30.6. The van der Waals surface area contributed by atoms with Crippen LogP contribution in [0, 0.1) is 11.8 Å². The van der Waals surface area contributed by atoms with Crippen LogP contribution in [-0.4, -0.2) is 62.8 Å². The molecule has 7 nitrogen and oxygen atoms in total. The first kappa shape index (κ1) is 40.5. The lowest BCUT2D eigenvalue weighted by molar-refractivity contribution is -0.151. The zero-order valence-corrected chi connectivity index (χ0v) is 30.0. The van der Waals surface area contributed by atoms with Gasteiger partial charge < -0.3 is 19.1 Å². The van der Waals surface area contributed by atoms with Crippen molar-refractivity contribution in [1.82, 2.24) is 4.90 Å². The molecule has 0 aromatic rings. The largest absolute Gasteiger partial charge is 0.465 e. The number of hydrogen-bond donors (Lipinski definition) is 0. The van der Waals surface area contributed by atoms with E-state index in [1.54, 1.807) is 0 Å². The molecule has 2 saturated carbocycles. The number of rotatable bonds is 27. The quantitative estimate of drug-likeness (QED) is 0.0498. The highest BCUT2D eigenvalue weighted by atomic mass is 16.5. The molecule has 0 spiro atoms. The predicted molar refractivity (Wildman–Crippen MR) is 187 cm³/mol. The number of esters is 3. The molecule has 0 amide bonds. The maximum atomic E-state index is 12.5. The van der Waals surface area contributed by atoms with E-state index in [2.05, 4.69) is 4.90 Å². The fraction of sp³-hybridized carbons (Fsp3) is 0.923. The SMILES string of the molecule is CN(C)CCCC(=O)OC(CCCCCCCCCOC(=O)C1CCCCC1)CCCCCCCCCOC(=O)C1CCCCC1. The summed E-state index contributed by atoms with van der Waals surface area (Å²) in [6, 6.07) is 0. The second-order valence-electron chi connectivity index (χ2n) is 14.6. The Kier molecular flexibility index (Phi) is 24.1. The van der Waals surface area contributed by atoms with Gasteiger partial charge in [0.1, 0.15) is 6.10 Å². The molecule has 0 aromatic carbocycles. The van der Waals surface area contributed by atoms with Crippen LogP contribution in [0.1, 0.15) is 180 Å². The minimum Gasteiger partial charge on any atom is -0.465 e. The molecule has 0 radical (unpaired) electrons. The van der Waals surface area contributed by atoms with Gasteiger partial charge in [-0.25, -0.2) is 0 Å². The number of ether oxygens (including phenoxy) is 3. The van der Waals surface area contributed by atoms with Gasteiger partial charge in [-0.15, -0.1) is 0 Å². The summed E-state index contributed by atoms with van der Waals surface area (Å²) in [4.78, 5) is 38.9. The van der Waals surface area contributed by atoms with Gasteiger partial charge in [0.25, 0.3) is 0 Å². The second kappa shape index (κ2) is 27.3. The maximum absolute atomic E-state index is 12.5. The van der Waals surface area contributed by atoms with Crippen LogP contribution in [0.3, 0.4) is 0 Å². The Hall–Kier alpha value is -1.63. The molecule has 0 aromatic heterocycles. The Balaban J connectivity index is 1.48. The zero-order chi connectivity index (χ0) is 33.1. The van der Waals surface area contributed by atoms with Crippen LogP contribution in [0.25, 0.3) is 0 Å². The van der Waals surface area contributed by atoms with Gasteiger partial charge in [-0.2, -0.15) is 0 Å². The molecule has 2 fully saturated rings. The summed E-state index contributed by atoms with van der Waals surface area (Å²) in [5, 5.41) is 0. The number of unbranched alkanes of at least 4 members (excludes halogenated alkanes) is 12. The van der Waals surface area contributed by atoms with Crippen molar-refractivity contribution in [1.29, 1.82) is 0 Å². The number of hydrogen-bond acceptors (Lipinski definition) is 7. The fourth-order valence-electron chi connectivity index (χ4n) is 7.02. The van der Waals surface area contributed by atoms with E-state index in [1.165, 1.54) is 89.9 Å². The van der Waals surface area contributed by atoms with Crippen LogP contribution in [0.2, 0.25) is 0 Å². The van der Waals surface area contributed by atoms with Crippen LogP contribution in [-0.2, 0) is 28.6 Å². The molecule has 268 valence electrons. The van der Waals surface area contributed by atoms with Gasteiger partial charge >= 0.3 is 17.9 Å². The van der Waals surface area contributed by atoms with Crippen molar-refractivity contribution in [3.63, 3.8) is 0 Å². The smallest absolute Gasteiger partial charge is 0.308 e. The van der Waals surface area contributed by atoms with Gasteiger partial charge in [0.15, 0.2) is 0 Å². The first-order valence-corrected chi connectivity index (χ1v) is 19.6. The molecular formula is C39H71NO6. The molecule has 7 heteroatoms. The number of carbonyl (C=O) groups is 3. The highest BCUT2D eigenvalue weighted by Gasteiger charge is 2.23. The van der Waals surface area contributed by atoms with Crippen LogP contribution in [0.4, 0.5) is 0 Å². The molecule has 46 heavy (non-hydrogen) atoms. The summed E-state index contributed by atoms with van der Waals surface area (Å²) >= 11 is 0. The molecule has 2 rings (SSSR count).